The molecule has 0 fully saturated rings. The van der Waals surface area contributed by atoms with Gasteiger partial charge in [0.2, 0.25) is 0 Å². The van der Waals surface area contributed by atoms with Crippen molar-refractivity contribution in [2.45, 2.75) is 45.8 Å². The molecule has 0 aromatic heterocycles. The Kier molecular flexibility index (Phi) is 7.76. The van der Waals surface area contributed by atoms with Gasteiger partial charge in [-0.3, -0.25) is 0 Å². The van der Waals surface area contributed by atoms with Crippen LogP contribution in [0, 0.1) is 5.92 Å². The molecule has 0 aliphatic carbocycles. The summed E-state index contributed by atoms with van der Waals surface area (Å²) >= 11 is 0. The molecular formula is C11H22F3NO. The molecule has 0 aliphatic rings. The summed E-state index contributed by atoms with van der Waals surface area (Å²) in [7, 11) is 0. The van der Waals surface area contributed by atoms with E-state index >= 15 is 0 Å². The first-order valence-electron chi connectivity index (χ1n) is 5.73. The van der Waals surface area contributed by atoms with Crippen LogP contribution < -0.4 is 5.32 Å². The molecule has 0 saturated carbocycles. The minimum Gasteiger partial charge on any atom is -0.372 e. The van der Waals surface area contributed by atoms with Crippen LogP contribution in [0.5, 0.6) is 0 Å². The highest BCUT2D eigenvalue weighted by Crippen LogP contribution is 2.15. The third-order valence-corrected chi connectivity index (χ3v) is 2.33. The zero-order valence-corrected chi connectivity index (χ0v) is 10.2. The van der Waals surface area contributed by atoms with Gasteiger partial charge in [0.05, 0.1) is 0 Å². The SMILES string of the molecule is CCC(CCOCC(F)(F)F)CNC(C)C. The maximum atomic E-state index is 11.8. The van der Waals surface area contributed by atoms with Crippen LogP contribution in [0.25, 0.3) is 0 Å². The van der Waals surface area contributed by atoms with Crippen molar-refractivity contribution >= 4 is 0 Å². The van der Waals surface area contributed by atoms with Crippen LogP contribution in [-0.4, -0.2) is 32.0 Å². The number of rotatable bonds is 8. The molecule has 0 spiro atoms. The number of alkyl halides is 3. The fourth-order valence-electron chi connectivity index (χ4n) is 1.29. The van der Waals surface area contributed by atoms with Gasteiger partial charge in [-0.05, 0) is 18.9 Å². The van der Waals surface area contributed by atoms with Gasteiger partial charge in [-0.25, -0.2) is 0 Å². The molecule has 0 saturated heterocycles. The minimum atomic E-state index is -4.21. The highest BCUT2D eigenvalue weighted by Gasteiger charge is 2.27. The standard InChI is InChI=1S/C11H22F3NO/c1-4-10(7-15-9(2)3)5-6-16-8-11(12,13)14/h9-10,15H,4-8H2,1-3H3. The van der Waals surface area contributed by atoms with Crippen molar-refractivity contribution < 1.29 is 17.9 Å². The van der Waals surface area contributed by atoms with Gasteiger partial charge in [-0.1, -0.05) is 27.2 Å². The Hall–Kier alpha value is -0.290. The Bertz CT molecular complexity index is 171. The van der Waals surface area contributed by atoms with Crippen molar-refractivity contribution in [2.24, 2.45) is 5.92 Å². The van der Waals surface area contributed by atoms with Gasteiger partial charge in [-0.15, -0.1) is 0 Å². The van der Waals surface area contributed by atoms with Gasteiger partial charge in [0.25, 0.3) is 0 Å². The third-order valence-electron chi connectivity index (χ3n) is 2.33. The van der Waals surface area contributed by atoms with E-state index in [4.69, 9.17) is 0 Å². The van der Waals surface area contributed by atoms with E-state index in [-0.39, 0.29) is 6.61 Å². The van der Waals surface area contributed by atoms with Gasteiger partial charge in [-0.2, -0.15) is 13.2 Å². The largest absolute Gasteiger partial charge is 0.411 e. The summed E-state index contributed by atoms with van der Waals surface area (Å²) in [5.74, 6) is 0.385. The molecule has 5 heteroatoms. The van der Waals surface area contributed by atoms with E-state index in [0.29, 0.717) is 18.4 Å². The van der Waals surface area contributed by atoms with Crippen LogP contribution in [0.1, 0.15) is 33.6 Å². The highest BCUT2D eigenvalue weighted by atomic mass is 19.4. The summed E-state index contributed by atoms with van der Waals surface area (Å²) in [6.07, 6.45) is -2.58. The van der Waals surface area contributed by atoms with E-state index in [1.165, 1.54) is 0 Å². The van der Waals surface area contributed by atoms with Crippen molar-refractivity contribution in [1.29, 1.82) is 0 Å². The topological polar surface area (TPSA) is 21.3 Å². The maximum absolute atomic E-state index is 11.8. The molecule has 0 radical (unpaired) electrons. The maximum Gasteiger partial charge on any atom is 0.411 e. The number of ether oxygens (including phenoxy) is 1. The van der Waals surface area contributed by atoms with E-state index in [9.17, 15) is 13.2 Å². The molecule has 0 amide bonds. The monoisotopic (exact) mass is 241 g/mol. The van der Waals surface area contributed by atoms with Gasteiger partial charge in [0.15, 0.2) is 0 Å². The molecule has 0 aliphatic heterocycles. The molecule has 2 nitrogen and oxygen atoms in total. The van der Waals surface area contributed by atoms with Gasteiger partial charge >= 0.3 is 6.18 Å². The molecule has 16 heavy (non-hydrogen) atoms. The molecule has 1 atom stereocenters. The number of halogens is 3. The lowest BCUT2D eigenvalue weighted by Crippen LogP contribution is -2.29. The lowest BCUT2D eigenvalue weighted by atomic mass is 10.0. The first-order chi connectivity index (χ1) is 7.35. The molecule has 1 N–H and O–H groups in total. The summed E-state index contributed by atoms with van der Waals surface area (Å²) in [5, 5.41) is 3.28. The summed E-state index contributed by atoms with van der Waals surface area (Å²) in [4.78, 5) is 0. The van der Waals surface area contributed by atoms with Crippen LogP contribution in [0.15, 0.2) is 0 Å². The predicted molar refractivity (Wildman–Crippen MR) is 58.4 cm³/mol. The van der Waals surface area contributed by atoms with Crippen LogP contribution in [0.4, 0.5) is 13.2 Å². The molecular weight excluding hydrogens is 219 g/mol. The van der Waals surface area contributed by atoms with Crippen molar-refractivity contribution in [3.8, 4) is 0 Å². The average Bonchev–Trinajstić information content (AvgIpc) is 2.15. The fourth-order valence-corrected chi connectivity index (χ4v) is 1.29. The van der Waals surface area contributed by atoms with Crippen LogP contribution >= 0.6 is 0 Å². The normalized spacial score (nSPS) is 14.4. The summed E-state index contributed by atoms with van der Waals surface area (Å²) in [5.41, 5.74) is 0. The number of nitrogens with one attached hydrogen (secondary N) is 1. The number of hydrogen-bond acceptors (Lipinski definition) is 2. The fraction of sp³-hybridized carbons (Fsp3) is 1.00. The molecule has 0 aromatic rings. The van der Waals surface area contributed by atoms with E-state index < -0.39 is 12.8 Å². The second-order valence-electron chi connectivity index (χ2n) is 4.29. The van der Waals surface area contributed by atoms with Crippen molar-refractivity contribution in [3.05, 3.63) is 0 Å². The van der Waals surface area contributed by atoms with Crippen molar-refractivity contribution in [2.75, 3.05) is 19.8 Å². The second kappa shape index (κ2) is 7.90. The molecule has 0 rings (SSSR count). The average molecular weight is 241 g/mol. The van der Waals surface area contributed by atoms with Crippen molar-refractivity contribution in [3.63, 3.8) is 0 Å². The first-order valence-corrected chi connectivity index (χ1v) is 5.73. The zero-order valence-electron chi connectivity index (χ0n) is 10.2. The van der Waals surface area contributed by atoms with Crippen molar-refractivity contribution in [1.82, 2.24) is 5.32 Å². The van der Waals surface area contributed by atoms with Gasteiger partial charge in [0, 0.05) is 12.6 Å². The smallest absolute Gasteiger partial charge is 0.372 e. The van der Waals surface area contributed by atoms with E-state index in [1.54, 1.807) is 0 Å². The summed E-state index contributed by atoms with van der Waals surface area (Å²) in [6, 6.07) is 0.408. The van der Waals surface area contributed by atoms with Gasteiger partial charge in [0.1, 0.15) is 6.61 Å². The molecule has 0 heterocycles. The first kappa shape index (κ1) is 15.7. The Morgan fingerprint density at radius 1 is 1.25 bits per heavy atom. The quantitative estimate of drug-likeness (QED) is 0.660. The zero-order chi connectivity index (χ0) is 12.6. The minimum absolute atomic E-state index is 0.178. The highest BCUT2D eigenvalue weighted by molar-refractivity contribution is 4.63. The summed E-state index contributed by atoms with van der Waals surface area (Å²) < 4.78 is 39.9. The lowest BCUT2D eigenvalue weighted by molar-refractivity contribution is -0.174. The molecule has 0 bridgehead atoms. The molecule has 98 valence electrons. The Labute approximate surface area is 95.5 Å². The van der Waals surface area contributed by atoms with Gasteiger partial charge < -0.3 is 10.1 Å². The van der Waals surface area contributed by atoms with E-state index in [0.717, 1.165) is 13.0 Å². The lowest BCUT2D eigenvalue weighted by Gasteiger charge is -2.17. The molecule has 1 unspecified atom stereocenters. The number of hydrogen-bond donors (Lipinski definition) is 1. The van der Waals surface area contributed by atoms with Crippen LogP contribution in [0.2, 0.25) is 0 Å². The molecule has 0 aromatic carbocycles. The van der Waals surface area contributed by atoms with Crippen LogP contribution in [0.3, 0.4) is 0 Å². The van der Waals surface area contributed by atoms with Crippen LogP contribution in [-0.2, 0) is 4.74 Å². The Balaban J connectivity index is 3.55. The van der Waals surface area contributed by atoms with E-state index in [2.05, 4.69) is 10.1 Å². The summed E-state index contributed by atoms with van der Waals surface area (Å²) in [6.45, 7) is 6.01. The third kappa shape index (κ3) is 10.2. The Morgan fingerprint density at radius 2 is 1.88 bits per heavy atom. The Morgan fingerprint density at radius 3 is 2.31 bits per heavy atom. The predicted octanol–water partition coefficient (Wildman–Crippen LogP) is 2.98. The second-order valence-corrected chi connectivity index (χ2v) is 4.29. The van der Waals surface area contributed by atoms with E-state index in [1.807, 2.05) is 20.8 Å².